The van der Waals surface area contributed by atoms with E-state index in [1.54, 1.807) is 0 Å². The van der Waals surface area contributed by atoms with Crippen LogP contribution in [0.3, 0.4) is 0 Å². The molecule has 0 amide bonds. The molecule has 3 unspecified atom stereocenters. The molecule has 3 N–H and O–H groups in total. The van der Waals surface area contributed by atoms with Gasteiger partial charge in [-0.2, -0.15) is 0 Å². The van der Waals surface area contributed by atoms with Crippen molar-refractivity contribution in [3.63, 3.8) is 0 Å². The normalized spacial score (nSPS) is 14.3. The largest absolute Gasteiger partial charge is 0.472 e. The van der Waals surface area contributed by atoms with E-state index in [1.807, 2.05) is 0 Å². The highest BCUT2D eigenvalue weighted by molar-refractivity contribution is 7.47. The third kappa shape index (κ3) is 67.0. The number of hydrogen-bond donors (Lipinski definition) is 3. The Labute approximate surface area is 568 Å². The number of phosphoric acid groups is 2. The summed E-state index contributed by atoms with van der Waals surface area (Å²) in [6.45, 7) is 9.48. The van der Waals surface area contributed by atoms with Crippen molar-refractivity contribution in [3.05, 3.63) is 0 Å². The van der Waals surface area contributed by atoms with Crippen molar-refractivity contribution in [2.45, 2.75) is 400 Å². The molecule has 0 saturated heterocycles. The van der Waals surface area contributed by atoms with E-state index < -0.39 is 97.5 Å². The lowest BCUT2D eigenvalue weighted by molar-refractivity contribution is -0.161. The summed E-state index contributed by atoms with van der Waals surface area (Å²) in [5.41, 5.74) is 0. The van der Waals surface area contributed by atoms with Crippen molar-refractivity contribution in [3.8, 4) is 0 Å². The zero-order valence-electron chi connectivity index (χ0n) is 60.6. The average Bonchev–Trinajstić information content (AvgIpc) is 3.22. The van der Waals surface area contributed by atoms with Crippen LogP contribution in [0.1, 0.15) is 382 Å². The topological polar surface area (TPSA) is 237 Å². The Kier molecular flexibility index (Phi) is 64.6. The number of rotatable bonds is 73. The van der Waals surface area contributed by atoms with Gasteiger partial charge in [0.15, 0.2) is 12.2 Å². The number of carbonyl (C=O) groups excluding carboxylic acids is 4. The van der Waals surface area contributed by atoms with Crippen LogP contribution in [0.25, 0.3) is 0 Å². The molecule has 0 aliphatic heterocycles. The fourth-order valence-electron chi connectivity index (χ4n) is 11.3. The number of ether oxygens (including phenoxy) is 4. The zero-order valence-corrected chi connectivity index (χ0v) is 62.3. The maximum absolute atomic E-state index is 13.1. The molecule has 0 aliphatic rings. The molecule has 0 aromatic carbocycles. The van der Waals surface area contributed by atoms with E-state index in [0.717, 1.165) is 102 Å². The molecule has 19 heteroatoms. The summed E-state index contributed by atoms with van der Waals surface area (Å²) in [5.74, 6) is -0.661. The highest BCUT2D eigenvalue weighted by Crippen LogP contribution is 2.45. The van der Waals surface area contributed by atoms with Crippen molar-refractivity contribution in [1.29, 1.82) is 0 Å². The Morgan fingerprint density at radius 2 is 0.548 bits per heavy atom. The predicted molar refractivity (Wildman–Crippen MR) is 377 cm³/mol. The van der Waals surface area contributed by atoms with Gasteiger partial charge in [-0.1, -0.05) is 330 Å². The highest BCUT2D eigenvalue weighted by Gasteiger charge is 2.30. The quantitative estimate of drug-likeness (QED) is 0.0222. The number of phosphoric ester groups is 2. The van der Waals surface area contributed by atoms with Crippen molar-refractivity contribution >= 4 is 39.5 Å². The molecular formula is C74H144O17P2. The molecular weight excluding hydrogens is 1220 g/mol. The lowest BCUT2D eigenvalue weighted by atomic mass is 10.00. The number of aliphatic hydroxyl groups is 1. The Hall–Kier alpha value is -1.94. The molecule has 552 valence electrons. The molecule has 0 radical (unpaired) electrons. The minimum absolute atomic E-state index is 0.103. The SMILES string of the molecule is CCCCCCCCCCCCCCCCCCCCCCCCC(=O)O[C@H](COC(=O)CCCCCCCCCCCC(C)C)COP(=O)(O)OC[C@@H](O)COP(=O)(O)OC[C@@H](COC(=O)CCCCCCCCCCC)OC(=O)CCCCCCCCC(C)CC. The van der Waals surface area contributed by atoms with Gasteiger partial charge in [0, 0.05) is 25.7 Å². The predicted octanol–water partition coefficient (Wildman–Crippen LogP) is 21.6. The molecule has 0 fully saturated rings. The first-order valence-electron chi connectivity index (χ1n) is 38.5. The van der Waals surface area contributed by atoms with Gasteiger partial charge in [0.05, 0.1) is 26.4 Å². The van der Waals surface area contributed by atoms with Gasteiger partial charge in [-0.05, 0) is 37.5 Å². The molecule has 0 aromatic rings. The van der Waals surface area contributed by atoms with Crippen molar-refractivity contribution in [1.82, 2.24) is 0 Å². The Morgan fingerprint density at radius 1 is 0.312 bits per heavy atom. The first kappa shape index (κ1) is 91.1. The molecule has 93 heavy (non-hydrogen) atoms. The van der Waals surface area contributed by atoms with Crippen LogP contribution in [0.4, 0.5) is 0 Å². The lowest BCUT2D eigenvalue weighted by Gasteiger charge is -2.21. The van der Waals surface area contributed by atoms with Crippen molar-refractivity contribution < 1.29 is 80.2 Å². The van der Waals surface area contributed by atoms with E-state index in [2.05, 4.69) is 41.5 Å². The number of esters is 4. The maximum atomic E-state index is 13.1. The van der Waals surface area contributed by atoms with E-state index in [0.29, 0.717) is 25.7 Å². The van der Waals surface area contributed by atoms with Crippen molar-refractivity contribution in [2.24, 2.45) is 11.8 Å². The van der Waals surface area contributed by atoms with Gasteiger partial charge in [0.2, 0.25) is 0 Å². The van der Waals surface area contributed by atoms with Crippen LogP contribution in [0.2, 0.25) is 0 Å². The summed E-state index contributed by atoms with van der Waals surface area (Å²) in [5, 5.41) is 10.6. The van der Waals surface area contributed by atoms with Gasteiger partial charge >= 0.3 is 39.5 Å². The van der Waals surface area contributed by atoms with Gasteiger partial charge in [-0.15, -0.1) is 0 Å². The van der Waals surface area contributed by atoms with Crippen LogP contribution >= 0.6 is 15.6 Å². The summed E-state index contributed by atoms with van der Waals surface area (Å²) in [4.78, 5) is 72.6. The zero-order chi connectivity index (χ0) is 68.6. The fourth-order valence-corrected chi connectivity index (χ4v) is 12.8. The van der Waals surface area contributed by atoms with E-state index >= 15 is 0 Å². The van der Waals surface area contributed by atoms with Crippen LogP contribution in [0.5, 0.6) is 0 Å². The van der Waals surface area contributed by atoms with Gasteiger partial charge in [0.1, 0.15) is 19.3 Å². The summed E-state index contributed by atoms with van der Waals surface area (Å²) < 4.78 is 68.3. The number of aliphatic hydroxyl groups excluding tert-OH is 1. The molecule has 0 spiro atoms. The molecule has 6 atom stereocenters. The van der Waals surface area contributed by atoms with Gasteiger partial charge in [0.25, 0.3) is 0 Å². The minimum atomic E-state index is -4.95. The third-order valence-corrected chi connectivity index (χ3v) is 19.5. The Morgan fingerprint density at radius 3 is 0.817 bits per heavy atom. The van der Waals surface area contributed by atoms with E-state index in [1.165, 1.54) is 199 Å². The average molecular weight is 1370 g/mol. The van der Waals surface area contributed by atoms with Crippen LogP contribution in [0, 0.1) is 11.8 Å². The van der Waals surface area contributed by atoms with Gasteiger partial charge in [-0.3, -0.25) is 37.3 Å². The monoisotopic (exact) mass is 1370 g/mol. The molecule has 0 bridgehead atoms. The smallest absolute Gasteiger partial charge is 0.462 e. The maximum Gasteiger partial charge on any atom is 0.472 e. The molecule has 17 nitrogen and oxygen atoms in total. The summed E-state index contributed by atoms with van der Waals surface area (Å²) >= 11 is 0. The van der Waals surface area contributed by atoms with E-state index in [9.17, 15) is 43.2 Å². The minimum Gasteiger partial charge on any atom is -0.462 e. The van der Waals surface area contributed by atoms with Crippen LogP contribution < -0.4 is 0 Å². The molecule has 0 rings (SSSR count). The number of carbonyl (C=O) groups is 4. The first-order chi connectivity index (χ1) is 44.9. The standard InChI is InChI=1S/C74H144O17P2/c1-7-10-12-14-16-18-19-20-21-22-23-24-25-26-27-28-29-30-34-39-46-52-58-73(78)90-69(62-85-72(77)57-51-45-38-35-31-33-36-42-48-54-66(4)5)64-88-92(80,81)86-60-68(75)61-87-93(82,83)89-65-70(63-84-71(76)56-50-44-37-32-17-15-13-11-8-2)91-74(79)59-53-47-41-40-43-49-55-67(6)9-3/h66-70,75H,7-65H2,1-6H3,(H,80,81)(H,82,83)/t67?,68-,69-,70-/m1/s1. The molecule has 0 aliphatic carbocycles. The van der Waals surface area contributed by atoms with E-state index in [-0.39, 0.29) is 25.7 Å². The molecule has 0 saturated carbocycles. The summed E-state index contributed by atoms with van der Waals surface area (Å²) in [6, 6.07) is 0. The Bertz CT molecular complexity index is 1810. The van der Waals surface area contributed by atoms with Crippen LogP contribution in [0.15, 0.2) is 0 Å². The number of hydrogen-bond acceptors (Lipinski definition) is 15. The summed E-state index contributed by atoms with van der Waals surface area (Å²) in [7, 11) is -9.90. The first-order valence-corrected chi connectivity index (χ1v) is 41.5. The van der Waals surface area contributed by atoms with Crippen LogP contribution in [-0.2, 0) is 65.4 Å². The Balaban J connectivity index is 5.15. The molecule has 0 aromatic heterocycles. The van der Waals surface area contributed by atoms with Gasteiger partial charge in [-0.25, -0.2) is 9.13 Å². The van der Waals surface area contributed by atoms with Crippen molar-refractivity contribution in [2.75, 3.05) is 39.6 Å². The fraction of sp³-hybridized carbons (Fsp3) is 0.946. The molecule has 0 heterocycles. The second kappa shape index (κ2) is 66.0. The van der Waals surface area contributed by atoms with Crippen LogP contribution in [-0.4, -0.2) is 96.7 Å². The second-order valence-electron chi connectivity index (χ2n) is 27.4. The number of unbranched alkanes of at least 4 members (excludes halogenated alkanes) is 42. The lowest BCUT2D eigenvalue weighted by Crippen LogP contribution is -2.30. The third-order valence-electron chi connectivity index (χ3n) is 17.6. The summed E-state index contributed by atoms with van der Waals surface area (Å²) in [6.07, 6.45) is 53.0. The van der Waals surface area contributed by atoms with Gasteiger partial charge < -0.3 is 33.8 Å². The second-order valence-corrected chi connectivity index (χ2v) is 30.3. The van der Waals surface area contributed by atoms with E-state index in [4.69, 9.17) is 37.0 Å². The highest BCUT2D eigenvalue weighted by atomic mass is 31.2.